The number of benzene rings is 1. The number of carbonyl (C=O) groups is 1. The number of allylic oxidation sites excluding steroid dienone is 1. The molecule has 0 fully saturated rings. The number of ether oxygens (including phenoxy) is 1. The van der Waals surface area contributed by atoms with Gasteiger partial charge in [0, 0.05) is 5.39 Å². The summed E-state index contributed by atoms with van der Waals surface area (Å²) in [6.07, 6.45) is 6.57. The van der Waals surface area contributed by atoms with Gasteiger partial charge in [0.2, 0.25) is 0 Å². The van der Waals surface area contributed by atoms with Crippen molar-refractivity contribution >= 4 is 28.5 Å². The fraction of sp³-hybridized carbons (Fsp3) is 0.120. The van der Waals surface area contributed by atoms with Crippen molar-refractivity contribution in [2.75, 3.05) is 0 Å². The summed E-state index contributed by atoms with van der Waals surface area (Å²) in [4.78, 5) is 18.1. The Kier molecular flexibility index (Phi) is 4.61. The van der Waals surface area contributed by atoms with E-state index in [9.17, 15) is 4.79 Å². The van der Waals surface area contributed by atoms with Crippen molar-refractivity contribution in [3.05, 3.63) is 89.5 Å². The van der Waals surface area contributed by atoms with E-state index in [-0.39, 0.29) is 18.4 Å². The molecular formula is C25H17N3O5. The van der Waals surface area contributed by atoms with E-state index in [0.29, 0.717) is 17.7 Å². The SMILES string of the molecule is O=C(OCc1nnc(-c2ccco2)o1)c1c2c(nc3ccccc13)/C(=C/c1ccco1)CC2. The van der Waals surface area contributed by atoms with Crippen LogP contribution in [-0.2, 0) is 17.8 Å². The molecule has 1 aliphatic rings. The molecule has 8 nitrogen and oxygen atoms in total. The van der Waals surface area contributed by atoms with Crippen LogP contribution < -0.4 is 0 Å². The number of hydrogen-bond donors (Lipinski definition) is 0. The number of aromatic nitrogens is 3. The minimum Gasteiger partial charge on any atom is -0.465 e. The normalized spacial score (nSPS) is 14.1. The molecule has 0 radical (unpaired) electrons. The Labute approximate surface area is 187 Å². The molecule has 8 heteroatoms. The second kappa shape index (κ2) is 7.90. The zero-order chi connectivity index (χ0) is 22.2. The van der Waals surface area contributed by atoms with Crippen LogP contribution >= 0.6 is 0 Å². The number of carbonyl (C=O) groups excluding carboxylic acids is 1. The maximum Gasteiger partial charge on any atom is 0.339 e. The molecule has 0 saturated carbocycles. The van der Waals surface area contributed by atoms with Gasteiger partial charge in [-0.05, 0) is 60.4 Å². The lowest BCUT2D eigenvalue weighted by Crippen LogP contribution is -2.10. The summed E-state index contributed by atoms with van der Waals surface area (Å²) in [6, 6.07) is 14.7. The molecule has 5 aromatic rings. The van der Waals surface area contributed by atoms with Gasteiger partial charge in [-0.15, -0.1) is 10.2 Å². The average molecular weight is 439 g/mol. The highest BCUT2D eigenvalue weighted by atomic mass is 16.5. The van der Waals surface area contributed by atoms with E-state index < -0.39 is 5.97 Å². The largest absolute Gasteiger partial charge is 0.465 e. The van der Waals surface area contributed by atoms with Gasteiger partial charge in [-0.1, -0.05) is 18.2 Å². The van der Waals surface area contributed by atoms with Crippen molar-refractivity contribution < 1.29 is 22.8 Å². The monoisotopic (exact) mass is 439 g/mol. The molecule has 1 aromatic carbocycles. The van der Waals surface area contributed by atoms with Gasteiger partial charge in [0.1, 0.15) is 5.76 Å². The van der Waals surface area contributed by atoms with Crippen LogP contribution in [0.5, 0.6) is 0 Å². The van der Waals surface area contributed by atoms with Crippen LogP contribution in [0.3, 0.4) is 0 Å². The van der Waals surface area contributed by atoms with Gasteiger partial charge in [0.15, 0.2) is 12.4 Å². The zero-order valence-electron chi connectivity index (χ0n) is 17.4. The first-order chi connectivity index (χ1) is 16.3. The molecule has 0 saturated heterocycles. The molecule has 33 heavy (non-hydrogen) atoms. The van der Waals surface area contributed by atoms with Gasteiger partial charge in [0.25, 0.3) is 11.8 Å². The Morgan fingerprint density at radius 3 is 2.73 bits per heavy atom. The zero-order valence-corrected chi connectivity index (χ0v) is 17.4. The fourth-order valence-corrected chi connectivity index (χ4v) is 4.07. The van der Waals surface area contributed by atoms with Crippen LogP contribution in [0.1, 0.15) is 39.7 Å². The minimum absolute atomic E-state index is 0.146. The highest BCUT2D eigenvalue weighted by Crippen LogP contribution is 2.38. The maximum absolute atomic E-state index is 13.3. The van der Waals surface area contributed by atoms with Gasteiger partial charge in [-0.25, -0.2) is 9.78 Å². The molecule has 1 aliphatic carbocycles. The predicted molar refractivity (Wildman–Crippen MR) is 118 cm³/mol. The van der Waals surface area contributed by atoms with Gasteiger partial charge >= 0.3 is 5.97 Å². The molecule has 162 valence electrons. The van der Waals surface area contributed by atoms with E-state index >= 15 is 0 Å². The number of pyridine rings is 1. The number of fused-ring (bicyclic) bond motifs is 2. The van der Waals surface area contributed by atoms with Crippen molar-refractivity contribution in [2.24, 2.45) is 0 Å². The molecule has 4 heterocycles. The van der Waals surface area contributed by atoms with E-state index in [4.69, 9.17) is 23.0 Å². The first-order valence-electron chi connectivity index (χ1n) is 10.5. The van der Waals surface area contributed by atoms with E-state index in [1.165, 1.54) is 6.26 Å². The van der Waals surface area contributed by atoms with Crippen molar-refractivity contribution in [1.29, 1.82) is 0 Å². The number of nitrogens with zero attached hydrogens (tertiary/aromatic N) is 3. The van der Waals surface area contributed by atoms with Gasteiger partial charge in [-0.3, -0.25) is 0 Å². The van der Waals surface area contributed by atoms with E-state index in [1.54, 1.807) is 18.4 Å². The number of furan rings is 2. The number of esters is 1. The summed E-state index contributed by atoms with van der Waals surface area (Å²) in [7, 11) is 0. The third kappa shape index (κ3) is 3.51. The molecule has 4 aromatic heterocycles. The summed E-state index contributed by atoms with van der Waals surface area (Å²) >= 11 is 0. The van der Waals surface area contributed by atoms with Gasteiger partial charge in [0.05, 0.1) is 29.3 Å². The maximum atomic E-state index is 13.3. The molecule has 0 atom stereocenters. The highest BCUT2D eigenvalue weighted by molar-refractivity contribution is 6.07. The van der Waals surface area contributed by atoms with Crippen molar-refractivity contribution in [3.8, 4) is 11.7 Å². The fourth-order valence-electron chi connectivity index (χ4n) is 4.07. The molecule has 0 amide bonds. The molecule has 6 rings (SSSR count). The molecule has 0 unspecified atom stereocenters. The predicted octanol–water partition coefficient (Wildman–Crippen LogP) is 5.31. The Hall–Kier alpha value is -4.46. The highest BCUT2D eigenvalue weighted by Gasteiger charge is 2.28. The topological polar surface area (TPSA) is 104 Å². The molecule has 0 aliphatic heterocycles. The first-order valence-corrected chi connectivity index (χ1v) is 10.5. The summed E-state index contributed by atoms with van der Waals surface area (Å²) in [5.41, 5.74) is 3.95. The Balaban J connectivity index is 1.33. The number of hydrogen-bond acceptors (Lipinski definition) is 8. The lowest BCUT2D eigenvalue weighted by atomic mass is 10.0. The van der Waals surface area contributed by atoms with Crippen molar-refractivity contribution in [3.63, 3.8) is 0 Å². The van der Waals surface area contributed by atoms with Gasteiger partial charge < -0.3 is 18.0 Å². The Morgan fingerprint density at radius 2 is 1.88 bits per heavy atom. The molecule has 0 spiro atoms. The van der Waals surface area contributed by atoms with Crippen molar-refractivity contribution in [1.82, 2.24) is 15.2 Å². The lowest BCUT2D eigenvalue weighted by Gasteiger charge is -2.11. The van der Waals surface area contributed by atoms with Crippen LogP contribution in [0.25, 0.3) is 34.2 Å². The third-order valence-corrected chi connectivity index (χ3v) is 5.53. The quantitative estimate of drug-likeness (QED) is 0.339. The lowest BCUT2D eigenvalue weighted by molar-refractivity contribution is 0.0439. The number of rotatable bonds is 5. The molecule has 0 N–H and O–H groups in total. The Morgan fingerprint density at radius 1 is 1.00 bits per heavy atom. The average Bonchev–Trinajstić information content (AvgIpc) is 3.64. The minimum atomic E-state index is -0.457. The van der Waals surface area contributed by atoms with Gasteiger partial charge in [-0.2, -0.15) is 0 Å². The van der Waals surface area contributed by atoms with E-state index in [2.05, 4.69) is 10.2 Å². The summed E-state index contributed by atoms with van der Waals surface area (Å²) in [5.74, 6) is 1.16. The standard InChI is InChI=1S/C25H17N3O5/c29-25(32-14-21-27-28-24(33-21)20-8-4-12-31-20)22-17-6-1-2-7-19(17)26-23-15(9-10-18(22)23)13-16-5-3-11-30-16/h1-8,11-13H,9-10,14H2/b15-13+. The van der Waals surface area contributed by atoms with Crippen LogP contribution in [0.4, 0.5) is 0 Å². The smallest absolute Gasteiger partial charge is 0.339 e. The summed E-state index contributed by atoms with van der Waals surface area (Å²) in [5, 5.41) is 8.63. The second-order valence-corrected chi connectivity index (χ2v) is 7.57. The Bertz CT molecular complexity index is 1480. The van der Waals surface area contributed by atoms with Crippen LogP contribution in [0.2, 0.25) is 0 Å². The number of para-hydroxylation sites is 1. The summed E-state index contributed by atoms with van der Waals surface area (Å²) in [6.45, 7) is -0.146. The second-order valence-electron chi connectivity index (χ2n) is 7.57. The molecular weight excluding hydrogens is 422 g/mol. The van der Waals surface area contributed by atoms with E-state index in [0.717, 1.165) is 39.9 Å². The first kappa shape index (κ1) is 19.2. The third-order valence-electron chi connectivity index (χ3n) is 5.53. The van der Waals surface area contributed by atoms with Crippen LogP contribution in [-0.4, -0.2) is 21.2 Å². The van der Waals surface area contributed by atoms with Crippen molar-refractivity contribution in [2.45, 2.75) is 19.4 Å². The summed E-state index contributed by atoms with van der Waals surface area (Å²) < 4.78 is 21.8. The molecule has 0 bridgehead atoms. The van der Waals surface area contributed by atoms with Crippen LogP contribution in [0.15, 0.2) is 74.3 Å². The van der Waals surface area contributed by atoms with E-state index in [1.807, 2.05) is 42.5 Å². The van der Waals surface area contributed by atoms with Crippen LogP contribution in [0, 0.1) is 0 Å².